The minimum absolute atomic E-state index is 0.0828. The van der Waals surface area contributed by atoms with Crippen molar-refractivity contribution in [3.8, 4) is 0 Å². The molecule has 0 radical (unpaired) electrons. The number of rotatable bonds is 19. The van der Waals surface area contributed by atoms with Crippen LogP contribution in [0.5, 0.6) is 0 Å². The van der Waals surface area contributed by atoms with Crippen LogP contribution in [0.3, 0.4) is 0 Å². The molecule has 2 saturated heterocycles. The molecule has 18 heteroatoms. The van der Waals surface area contributed by atoms with E-state index in [0.29, 0.717) is 0 Å². The van der Waals surface area contributed by atoms with Crippen LogP contribution in [0.15, 0.2) is 212 Å². The van der Waals surface area contributed by atoms with Gasteiger partial charge >= 0.3 is 41.8 Å². The van der Waals surface area contributed by atoms with Gasteiger partial charge in [0.15, 0.2) is 42.9 Å². The van der Waals surface area contributed by atoms with E-state index in [-0.39, 0.29) is 38.9 Å². The monoisotopic (exact) mass is 1100 g/mol. The molecular formula is C62H52O17S. The lowest BCUT2D eigenvalue weighted by molar-refractivity contribution is -0.295. The van der Waals surface area contributed by atoms with Crippen molar-refractivity contribution in [3.63, 3.8) is 0 Å². The van der Waals surface area contributed by atoms with E-state index in [0.717, 1.165) is 11.8 Å². The third kappa shape index (κ3) is 14.0. The summed E-state index contributed by atoms with van der Waals surface area (Å²) < 4.78 is 62.4. The van der Waals surface area contributed by atoms with Gasteiger partial charge in [-0.25, -0.2) is 33.6 Å². The fraction of sp³-hybridized carbons (Fsp3) is 0.210. The third-order valence-electron chi connectivity index (χ3n) is 12.7. The van der Waals surface area contributed by atoms with Crippen LogP contribution in [0, 0.1) is 0 Å². The predicted octanol–water partition coefficient (Wildman–Crippen LogP) is 9.03. The molecule has 7 aromatic carbocycles. The molecule has 9 rings (SSSR count). The van der Waals surface area contributed by atoms with Crippen LogP contribution < -0.4 is 0 Å². The number of benzene rings is 7. The highest BCUT2D eigenvalue weighted by Crippen LogP contribution is 2.41. The summed E-state index contributed by atoms with van der Waals surface area (Å²) in [6.45, 7) is -1.11. The topological polar surface area (TPSA) is 212 Å². The summed E-state index contributed by atoms with van der Waals surface area (Å²) in [7, 11) is 1.26. The van der Waals surface area contributed by atoms with Gasteiger partial charge in [0, 0.05) is 7.11 Å². The Morgan fingerprint density at radius 1 is 0.350 bits per heavy atom. The molecule has 0 spiro atoms. The maximum absolute atomic E-state index is 14.4. The first-order valence-corrected chi connectivity index (χ1v) is 26.2. The number of hydrogen-bond donors (Lipinski definition) is 0. The summed E-state index contributed by atoms with van der Waals surface area (Å²) in [6, 6.07) is 55.8. The number of carbonyl (C=O) groups excluding carboxylic acids is 7. The number of thioether (sulfide) groups is 1. The SMILES string of the molecule is CO[C@H]1O[C@H](CO[C@@H]2S[C@H](COC(=O)c3ccccc3)[C@@H](OC(=O)c3ccccc3)[C@H](OC(=O)c3ccccc3)[C@H]2OC(=O)c2ccccc2)[C@@H](OC(=O)c2ccccc2)[C@H](OC(=O)c2ccccc2)[C@H]1OC(=O)c1ccccc1. The highest BCUT2D eigenvalue weighted by Gasteiger charge is 2.56. The normalized spacial score (nSPS) is 22.3. The minimum Gasteiger partial charge on any atom is -0.461 e. The van der Waals surface area contributed by atoms with Gasteiger partial charge < -0.3 is 47.4 Å². The Balaban J connectivity index is 1.13. The molecule has 10 atom stereocenters. The quantitative estimate of drug-likeness (QED) is 0.0546. The van der Waals surface area contributed by atoms with Crippen molar-refractivity contribution < 1.29 is 80.9 Å². The highest BCUT2D eigenvalue weighted by atomic mass is 32.2. The van der Waals surface area contributed by atoms with Crippen LogP contribution in [0.2, 0.25) is 0 Å². The molecule has 2 heterocycles. The van der Waals surface area contributed by atoms with E-state index >= 15 is 0 Å². The van der Waals surface area contributed by atoms with Gasteiger partial charge in [-0.2, -0.15) is 0 Å². The average molecular weight is 1100 g/mol. The maximum Gasteiger partial charge on any atom is 0.338 e. The second-order valence-corrected chi connectivity index (χ2v) is 19.4. The Morgan fingerprint density at radius 2 is 0.637 bits per heavy atom. The molecule has 0 N–H and O–H groups in total. The summed E-state index contributed by atoms with van der Waals surface area (Å²) >= 11 is 0.914. The van der Waals surface area contributed by atoms with Gasteiger partial charge in [-0.3, -0.25) is 0 Å². The first-order chi connectivity index (χ1) is 39.0. The first-order valence-electron chi connectivity index (χ1n) is 25.3. The van der Waals surface area contributed by atoms with Crippen LogP contribution in [0.1, 0.15) is 72.5 Å². The van der Waals surface area contributed by atoms with Crippen molar-refractivity contribution in [2.45, 2.75) is 59.7 Å². The van der Waals surface area contributed by atoms with Crippen molar-refractivity contribution >= 4 is 53.5 Å². The number of esters is 7. The second-order valence-electron chi connectivity index (χ2n) is 18.0. The van der Waals surface area contributed by atoms with E-state index in [9.17, 15) is 33.6 Å². The number of carbonyl (C=O) groups is 7. The zero-order valence-electron chi connectivity index (χ0n) is 42.7. The molecular weight excluding hydrogens is 1050 g/mol. The fourth-order valence-electron chi connectivity index (χ4n) is 8.75. The molecule has 2 aliphatic rings. The van der Waals surface area contributed by atoms with Gasteiger partial charge in [-0.05, 0) is 84.9 Å². The number of methoxy groups -OCH3 is 1. The third-order valence-corrected chi connectivity index (χ3v) is 14.2. The lowest BCUT2D eigenvalue weighted by Crippen LogP contribution is -2.63. The molecule has 7 aromatic rings. The second kappa shape index (κ2) is 27.1. The Morgan fingerprint density at radius 3 is 0.988 bits per heavy atom. The van der Waals surface area contributed by atoms with E-state index < -0.39 is 115 Å². The Hall–Kier alpha value is -8.94. The lowest BCUT2D eigenvalue weighted by atomic mass is 9.97. The molecule has 408 valence electrons. The highest BCUT2D eigenvalue weighted by molar-refractivity contribution is 8.00. The smallest absolute Gasteiger partial charge is 0.338 e. The van der Waals surface area contributed by atoms with Crippen LogP contribution >= 0.6 is 11.8 Å². The largest absolute Gasteiger partial charge is 0.461 e. The van der Waals surface area contributed by atoms with Gasteiger partial charge in [0.1, 0.15) is 18.1 Å². The first kappa shape index (κ1) is 55.8. The standard InChI is InChI=1S/C62H52O17S/c1-70-61-52(78-59(68)44-33-19-7-20-34-44)50(76-57(66)42-29-15-5-16-30-42)48(74-55(64)40-25-11-3-12-26-40)46(73-61)37-72-62-53(79-60(69)45-35-21-8-22-36-45)51(77-58(67)43-31-17-6-18-32-43)49(75-56(65)41-27-13-4-14-28-41)47(80-62)38-71-54(63)39-23-9-2-10-24-39/h2-36,46-53,61-62H,37-38H2,1H3/t46-,47-,48-,49-,50+,51+,52-,53-,61+,62-/m1/s1. The molecule has 0 aromatic heterocycles. The summed E-state index contributed by atoms with van der Waals surface area (Å²) in [6.07, 6.45) is -12.8. The minimum atomic E-state index is -1.71. The van der Waals surface area contributed by atoms with Crippen molar-refractivity contribution in [2.75, 3.05) is 20.3 Å². The molecule has 0 bridgehead atoms. The number of ether oxygens (including phenoxy) is 10. The molecule has 0 saturated carbocycles. The molecule has 0 unspecified atom stereocenters. The molecule has 17 nitrogen and oxygen atoms in total. The van der Waals surface area contributed by atoms with Crippen molar-refractivity contribution in [1.82, 2.24) is 0 Å². The van der Waals surface area contributed by atoms with Gasteiger partial charge in [-0.15, -0.1) is 11.8 Å². The molecule has 80 heavy (non-hydrogen) atoms. The molecule has 0 amide bonds. The molecule has 0 aliphatic carbocycles. The lowest BCUT2D eigenvalue weighted by Gasteiger charge is -2.46. The van der Waals surface area contributed by atoms with E-state index in [1.54, 1.807) is 140 Å². The Labute approximate surface area is 463 Å². The fourth-order valence-corrected chi connectivity index (χ4v) is 10.1. The van der Waals surface area contributed by atoms with E-state index in [1.807, 2.05) is 0 Å². The van der Waals surface area contributed by atoms with E-state index in [1.165, 1.54) is 79.9 Å². The van der Waals surface area contributed by atoms with Gasteiger partial charge in [0.05, 0.1) is 50.8 Å². The summed E-state index contributed by atoms with van der Waals surface area (Å²) in [5, 5.41) is -1.15. The van der Waals surface area contributed by atoms with Gasteiger partial charge in [0.2, 0.25) is 0 Å². The summed E-state index contributed by atoms with van der Waals surface area (Å²) in [5.74, 6) is -6.05. The van der Waals surface area contributed by atoms with Crippen LogP contribution in [-0.4, -0.2) is 122 Å². The zero-order valence-corrected chi connectivity index (χ0v) is 43.6. The summed E-state index contributed by atoms with van der Waals surface area (Å²) in [5.41, 5.74) is -0.632. The van der Waals surface area contributed by atoms with Crippen molar-refractivity contribution in [2.24, 2.45) is 0 Å². The van der Waals surface area contributed by atoms with Gasteiger partial charge in [0.25, 0.3) is 0 Å². The van der Waals surface area contributed by atoms with Crippen molar-refractivity contribution in [1.29, 1.82) is 0 Å². The van der Waals surface area contributed by atoms with Crippen LogP contribution in [0.25, 0.3) is 0 Å². The van der Waals surface area contributed by atoms with Crippen molar-refractivity contribution in [3.05, 3.63) is 251 Å². The number of hydrogen-bond acceptors (Lipinski definition) is 18. The van der Waals surface area contributed by atoms with Crippen LogP contribution in [0.4, 0.5) is 0 Å². The average Bonchev–Trinajstić information content (AvgIpc) is 3.71. The van der Waals surface area contributed by atoms with E-state index in [4.69, 9.17) is 47.4 Å². The Kier molecular flexibility index (Phi) is 18.9. The van der Waals surface area contributed by atoms with Crippen LogP contribution in [-0.2, 0) is 47.4 Å². The zero-order chi connectivity index (χ0) is 55.8. The predicted molar refractivity (Wildman–Crippen MR) is 287 cm³/mol. The maximum atomic E-state index is 14.4. The van der Waals surface area contributed by atoms with Gasteiger partial charge in [-0.1, -0.05) is 127 Å². The molecule has 2 fully saturated rings. The Bertz CT molecular complexity index is 3190. The summed E-state index contributed by atoms with van der Waals surface area (Å²) in [4.78, 5) is 98.9. The van der Waals surface area contributed by atoms with E-state index in [2.05, 4.69) is 0 Å². The molecule has 2 aliphatic heterocycles.